The lowest BCUT2D eigenvalue weighted by Gasteiger charge is -2.26. The number of guanidine groups is 1. The standard InChI is InChI=1S/C15H22N4O2S/c16-15(18-13-5-2-6-13)17-11-12-4-1-7-14(10-12)19-8-3-9-22(19,20)21/h1,4,7,10,13H,2-3,5-6,8-9,11H2,(H3,16,17,18). The van der Waals surface area contributed by atoms with Crippen LogP contribution in [0.15, 0.2) is 29.3 Å². The van der Waals surface area contributed by atoms with Crippen LogP contribution in [0.2, 0.25) is 0 Å². The van der Waals surface area contributed by atoms with Crippen molar-refractivity contribution in [1.29, 1.82) is 0 Å². The van der Waals surface area contributed by atoms with Gasteiger partial charge in [0, 0.05) is 12.6 Å². The molecule has 22 heavy (non-hydrogen) atoms. The molecule has 1 aromatic carbocycles. The molecule has 3 rings (SSSR count). The quantitative estimate of drug-likeness (QED) is 0.644. The van der Waals surface area contributed by atoms with Crippen molar-refractivity contribution >= 4 is 21.7 Å². The van der Waals surface area contributed by atoms with Gasteiger partial charge < -0.3 is 11.1 Å². The number of sulfonamides is 1. The largest absolute Gasteiger partial charge is 0.370 e. The van der Waals surface area contributed by atoms with Gasteiger partial charge in [0.05, 0.1) is 18.0 Å². The summed E-state index contributed by atoms with van der Waals surface area (Å²) in [6.45, 7) is 1.01. The second kappa shape index (κ2) is 6.16. The second-order valence-corrected chi connectivity index (χ2v) is 7.90. The number of rotatable bonds is 4. The highest BCUT2D eigenvalue weighted by molar-refractivity contribution is 7.93. The molecule has 3 N–H and O–H groups in total. The number of anilines is 1. The van der Waals surface area contributed by atoms with Crippen molar-refractivity contribution in [1.82, 2.24) is 5.32 Å². The maximum atomic E-state index is 12.0. The van der Waals surface area contributed by atoms with Crippen LogP contribution in [0.3, 0.4) is 0 Å². The van der Waals surface area contributed by atoms with Crippen LogP contribution in [0.25, 0.3) is 0 Å². The Kier molecular flexibility index (Phi) is 4.24. The number of nitrogens with one attached hydrogen (secondary N) is 1. The van der Waals surface area contributed by atoms with Crippen molar-refractivity contribution < 1.29 is 8.42 Å². The molecule has 1 heterocycles. The molecule has 7 heteroatoms. The first-order valence-corrected chi connectivity index (χ1v) is 9.31. The molecule has 0 radical (unpaired) electrons. The fourth-order valence-electron chi connectivity index (χ4n) is 2.72. The van der Waals surface area contributed by atoms with Crippen molar-refractivity contribution in [3.8, 4) is 0 Å². The third kappa shape index (κ3) is 3.35. The number of nitrogens with zero attached hydrogens (tertiary/aromatic N) is 2. The number of hydrogen-bond donors (Lipinski definition) is 2. The number of aliphatic imine (C=N–C) groups is 1. The Bertz CT molecular complexity index is 668. The van der Waals surface area contributed by atoms with Crippen LogP contribution in [0.1, 0.15) is 31.2 Å². The lowest BCUT2D eigenvalue weighted by Crippen LogP contribution is -2.43. The molecule has 0 aromatic heterocycles. The molecule has 0 atom stereocenters. The van der Waals surface area contributed by atoms with Crippen LogP contribution < -0.4 is 15.4 Å². The minimum Gasteiger partial charge on any atom is -0.370 e. The molecule has 0 amide bonds. The molecule has 0 unspecified atom stereocenters. The summed E-state index contributed by atoms with van der Waals surface area (Å²) in [5.74, 6) is 0.692. The highest BCUT2D eigenvalue weighted by Gasteiger charge is 2.28. The van der Waals surface area contributed by atoms with E-state index in [0.29, 0.717) is 31.5 Å². The molecule has 0 bridgehead atoms. The predicted octanol–water partition coefficient (Wildman–Crippen LogP) is 1.18. The number of hydrogen-bond acceptors (Lipinski definition) is 3. The van der Waals surface area contributed by atoms with Crippen LogP contribution in [0.4, 0.5) is 5.69 Å². The molecule has 1 aromatic rings. The summed E-state index contributed by atoms with van der Waals surface area (Å²) in [5.41, 5.74) is 7.54. The van der Waals surface area contributed by atoms with Gasteiger partial charge in [0.1, 0.15) is 0 Å². The van der Waals surface area contributed by atoms with Gasteiger partial charge in [-0.1, -0.05) is 12.1 Å². The zero-order valence-electron chi connectivity index (χ0n) is 12.5. The van der Waals surface area contributed by atoms with E-state index in [1.54, 1.807) is 0 Å². The first kappa shape index (κ1) is 15.1. The van der Waals surface area contributed by atoms with Crippen LogP contribution in [-0.2, 0) is 16.6 Å². The van der Waals surface area contributed by atoms with Crippen LogP contribution in [-0.4, -0.2) is 32.7 Å². The van der Waals surface area contributed by atoms with Gasteiger partial charge in [-0.2, -0.15) is 0 Å². The van der Waals surface area contributed by atoms with E-state index in [2.05, 4.69) is 10.3 Å². The first-order chi connectivity index (χ1) is 10.5. The highest BCUT2D eigenvalue weighted by Crippen LogP contribution is 2.25. The Morgan fingerprint density at radius 1 is 1.36 bits per heavy atom. The van der Waals surface area contributed by atoms with Crippen LogP contribution >= 0.6 is 0 Å². The van der Waals surface area contributed by atoms with Gasteiger partial charge >= 0.3 is 0 Å². The lowest BCUT2D eigenvalue weighted by molar-refractivity contribution is 0.382. The third-order valence-corrected chi connectivity index (χ3v) is 6.06. The van der Waals surface area contributed by atoms with Gasteiger partial charge in [-0.3, -0.25) is 4.31 Å². The Balaban J connectivity index is 1.67. The summed E-state index contributed by atoms with van der Waals surface area (Å²) in [7, 11) is -3.14. The summed E-state index contributed by atoms with van der Waals surface area (Å²) in [6, 6.07) is 7.97. The SMILES string of the molecule is NC(=NCc1cccc(N2CCCS2(=O)=O)c1)NC1CCC1. The number of benzene rings is 1. The van der Waals surface area contributed by atoms with Gasteiger partial charge in [0.15, 0.2) is 5.96 Å². The second-order valence-electron chi connectivity index (χ2n) is 5.89. The zero-order valence-corrected chi connectivity index (χ0v) is 13.3. The molecular weight excluding hydrogens is 300 g/mol. The first-order valence-electron chi connectivity index (χ1n) is 7.70. The summed E-state index contributed by atoms with van der Waals surface area (Å²) in [6.07, 6.45) is 4.23. The molecule has 2 aliphatic rings. The van der Waals surface area contributed by atoms with E-state index in [9.17, 15) is 8.42 Å². The Morgan fingerprint density at radius 2 is 2.18 bits per heavy atom. The van der Waals surface area contributed by atoms with Crippen molar-refractivity contribution in [3.63, 3.8) is 0 Å². The zero-order chi connectivity index (χ0) is 15.6. The Hall–Kier alpha value is -1.76. The average Bonchev–Trinajstić information content (AvgIpc) is 2.80. The summed E-state index contributed by atoms with van der Waals surface area (Å²) in [5, 5.41) is 3.19. The van der Waals surface area contributed by atoms with Gasteiger partial charge in [0.2, 0.25) is 10.0 Å². The summed E-state index contributed by atoms with van der Waals surface area (Å²) in [4.78, 5) is 4.34. The van der Waals surface area contributed by atoms with Crippen molar-refractivity contribution in [3.05, 3.63) is 29.8 Å². The molecule has 1 aliphatic heterocycles. The monoisotopic (exact) mass is 322 g/mol. The van der Waals surface area contributed by atoms with Gasteiger partial charge in [0.25, 0.3) is 0 Å². The average molecular weight is 322 g/mol. The molecular formula is C15H22N4O2S. The molecule has 2 fully saturated rings. The summed E-state index contributed by atoms with van der Waals surface area (Å²) >= 11 is 0. The lowest BCUT2D eigenvalue weighted by atomic mass is 9.93. The summed E-state index contributed by atoms with van der Waals surface area (Å²) < 4.78 is 25.4. The van der Waals surface area contributed by atoms with E-state index in [1.165, 1.54) is 10.7 Å². The fourth-order valence-corrected chi connectivity index (χ4v) is 4.28. The number of nitrogens with two attached hydrogens (primary N) is 1. The molecule has 6 nitrogen and oxygen atoms in total. The maximum Gasteiger partial charge on any atom is 0.235 e. The molecule has 0 spiro atoms. The van der Waals surface area contributed by atoms with Gasteiger partial charge in [-0.05, 0) is 43.4 Å². The maximum absolute atomic E-state index is 12.0. The highest BCUT2D eigenvalue weighted by atomic mass is 32.2. The topological polar surface area (TPSA) is 87.8 Å². The van der Waals surface area contributed by atoms with Gasteiger partial charge in [-0.25, -0.2) is 13.4 Å². The van der Waals surface area contributed by atoms with E-state index in [1.807, 2.05) is 24.3 Å². The normalized spacial score (nSPS) is 21.6. The van der Waals surface area contributed by atoms with E-state index < -0.39 is 10.0 Å². The molecule has 1 saturated heterocycles. The Morgan fingerprint density at radius 3 is 2.82 bits per heavy atom. The fraction of sp³-hybridized carbons (Fsp3) is 0.533. The van der Waals surface area contributed by atoms with Crippen molar-refractivity contribution in [2.24, 2.45) is 10.7 Å². The van der Waals surface area contributed by atoms with Crippen molar-refractivity contribution in [2.45, 2.75) is 38.3 Å². The van der Waals surface area contributed by atoms with Gasteiger partial charge in [-0.15, -0.1) is 0 Å². The minimum atomic E-state index is -3.14. The van der Waals surface area contributed by atoms with Crippen LogP contribution in [0.5, 0.6) is 0 Å². The Labute approximate surface area is 131 Å². The smallest absolute Gasteiger partial charge is 0.235 e. The van der Waals surface area contributed by atoms with Crippen molar-refractivity contribution in [2.75, 3.05) is 16.6 Å². The molecule has 1 aliphatic carbocycles. The minimum absolute atomic E-state index is 0.230. The predicted molar refractivity (Wildman–Crippen MR) is 88.3 cm³/mol. The van der Waals surface area contributed by atoms with E-state index >= 15 is 0 Å². The third-order valence-electron chi connectivity index (χ3n) is 4.19. The van der Waals surface area contributed by atoms with E-state index in [-0.39, 0.29) is 5.75 Å². The van der Waals surface area contributed by atoms with Crippen LogP contribution in [0, 0.1) is 0 Å². The van der Waals surface area contributed by atoms with E-state index in [4.69, 9.17) is 5.73 Å². The molecule has 1 saturated carbocycles. The van der Waals surface area contributed by atoms with E-state index in [0.717, 1.165) is 24.1 Å². The molecule has 120 valence electrons.